The smallest absolute Gasteiger partial charge is 0.338 e. The minimum Gasteiger partial charge on any atom is -0.478 e. The summed E-state index contributed by atoms with van der Waals surface area (Å²) in [4.78, 5) is 28.2. The molecule has 2 aromatic rings. The Morgan fingerprint density at radius 2 is 2.05 bits per heavy atom. The maximum atomic E-state index is 12.1. The van der Waals surface area contributed by atoms with E-state index in [0.717, 1.165) is 4.88 Å². The number of carbonyl (C=O) groups excluding carboxylic acids is 1. The minimum atomic E-state index is -1.05. The number of aromatic nitrogens is 1. The van der Waals surface area contributed by atoms with E-state index in [1.165, 1.54) is 11.3 Å². The molecule has 1 amide bonds. The normalized spacial score (nSPS) is 10.3. The SMILES string of the molecule is Cc1sc(NC(=O)c2cccc(Br)n2)c(C(=O)O)c1C. The fraction of sp³-hybridized carbons (Fsp3) is 0.154. The van der Waals surface area contributed by atoms with Gasteiger partial charge in [-0.3, -0.25) is 4.79 Å². The van der Waals surface area contributed by atoms with Gasteiger partial charge in [-0.15, -0.1) is 11.3 Å². The van der Waals surface area contributed by atoms with Crippen LogP contribution in [0.1, 0.15) is 31.3 Å². The molecule has 2 N–H and O–H groups in total. The summed E-state index contributed by atoms with van der Waals surface area (Å²) in [5, 5.41) is 12.2. The minimum absolute atomic E-state index is 0.135. The van der Waals surface area contributed by atoms with Crippen LogP contribution in [-0.2, 0) is 0 Å². The third kappa shape index (κ3) is 2.88. The number of aryl methyl sites for hydroxylation is 1. The molecule has 2 rings (SSSR count). The van der Waals surface area contributed by atoms with E-state index in [1.54, 1.807) is 25.1 Å². The zero-order valence-corrected chi connectivity index (χ0v) is 13.1. The first-order valence-electron chi connectivity index (χ1n) is 5.67. The Hall–Kier alpha value is -1.73. The third-order valence-corrected chi connectivity index (χ3v) is 4.34. The van der Waals surface area contributed by atoms with Crippen molar-refractivity contribution >= 4 is 44.1 Å². The van der Waals surface area contributed by atoms with Gasteiger partial charge in [-0.25, -0.2) is 9.78 Å². The molecule has 0 saturated heterocycles. The van der Waals surface area contributed by atoms with Crippen molar-refractivity contribution in [2.75, 3.05) is 5.32 Å². The quantitative estimate of drug-likeness (QED) is 0.827. The van der Waals surface area contributed by atoms with Crippen LogP contribution in [-0.4, -0.2) is 22.0 Å². The molecule has 0 radical (unpaired) electrons. The van der Waals surface area contributed by atoms with Crippen molar-refractivity contribution in [3.05, 3.63) is 44.5 Å². The Bertz CT molecular complexity index is 697. The number of nitrogens with zero attached hydrogens (tertiary/aromatic N) is 1. The average Bonchev–Trinajstić information content (AvgIpc) is 2.64. The molecule has 104 valence electrons. The molecule has 0 spiro atoms. The van der Waals surface area contributed by atoms with Crippen LogP contribution in [0.15, 0.2) is 22.8 Å². The lowest BCUT2D eigenvalue weighted by molar-refractivity contribution is 0.0697. The van der Waals surface area contributed by atoms with E-state index in [9.17, 15) is 14.7 Å². The van der Waals surface area contributed by atoms with E-state index in [4.69, 9.17) is 0 Å². The molecule has 0 aromatic carbocycles. The van der Waals surface area contributed by atoms with Gasteiger partial charge in [0.2, 0.25) is 0 Å². The number of carboxylic acids is 1. The topological polar surface area (TPSA) is 79.3 Å². The summed E-state index contributed by atoms with van der Waals surface area (Å²) in [7, 11) is 0. The molecule has 0 unspecified atom stereocenters. The predicted octanol–water partition coefficient (Wildman–Crippen LogP) is 3.47. The molecule has 20 heavy (non-hydrogen) atoms. The molecule has 0 fully saturated rings. The van der Waals surface area contributed by atoms with E-state index in [-0.39, 0.29) is 11.3 Å². The molecule has 0 saturated carbocycles. The highest BCUT2D eigenvalue weighted by Crippen LogP contribution is 2.32. The summed E-state index contributed by atoms with van der Waals surface area (Å²) >= 11 is 4.43. The zero-order valence-electron chi connectivity index (χ0n) is 10.7. The van der Waals surface area contributed by atoms with E-state index in [1.807, 2.05) is 6.92 Å². The van der Waals surface area contributed by atoms with Crippen LogP contribution in [0.25, 0.3) is 0 Å². The van der Waals surface area contributed by atoms with Crippen molar-refractivity contribution in [3.63, 3.8) is 0 Å². The maximum Gasteiger partial charge on any atom is 0.338 e. The predicted molar refractivity (Wildman–Crippen MR) is 80.6 cm³/mol. The summed E-state index contributed by atoms with van der Waals surface area (Å²) in [6.45, 7) is 3.54. The first kappa shape index (κ1) is 14.7. The molecule has 0 atom stereocenters. The number of carboxylic acid groups (broad SMARTS) is 1. The lowest BCUT2D eigenvalue weighted by atomic mass is 10.1. The fourth-order valence-electron chi connectivity index (χ4n) is 1.67. The van der Waals surface area contributed by atoms with Gasteiger partial charge >= 0.3 is 5.97 Å². The van der Waals surface area contributed by atoms with Crippen LogP contribution in [0, 0.1) is 13.8 Å². The number of amides is 1. The van der Waals surface area contributed by atoms with E-state index >= 15 is 0 Å². The number of carbonyl (C=O) groups is 2. The number of rotatable bonds is 3. The van der Waals surface area contributed by atoms with Crippen LogP contribution >= 0.6 is 27.3 Å². The zero-order chi connectivity index (χ0) is 14.9. The van der Waals surface area contributed by atoms with Crippen molar-refractivity contribution in [2.24, 2.45) is 0 Å². The first-order valence-corrected chi connectivity index (χ1v) is 7.28. The number of hydrogen-bond acceptors (Lipinski definition) is 4. The van der Waals surface area contributed by atoms with Crippen molar-refractivity contribution < 1.29 is 14.7 Å². The molecular weight excluding hydrogens is 344 g/mol. The Morgan fingerprint density at radius 3 is 2.65 bits per heavy atom. The summed E-state index contributed by atoms with van der Waals surface area (Å²) in [5.41, 5.74) is 1.02. The second-order valence-electron chi connectivity index (χ2n) is 4.09. The number of anilines is 1. The maximum absolute atomic E-state index is 12.1. The second-order valence-corrected chi connectivity index (χ2v) is 6.13. The van der Waals surface area contributed by atoms with E-state index < -0.39 is 11.9 Å². The lowest BCUT2D eigenvalue weighted by Crippen LogP contribution is -2.15. The van der Waals surface area contributed by atoms with Crippen LogP contribution in [0.2, 0.25) is 0 Å². The van der Waals surface area contributed by atoms with Gasteiger partial charge in [-0.2, -0.15) is 0 Å². The third-order valence-electron chi connectivity index (χ3n) is 2.77. The van der Waals surface area contributed by atoms with Gasteiger partial charge in [-0.05, 0) is 47.5 Å². The molecule has 5 nitrogen and oxygen atoms in total. The van der Waals surface area contributed by atoms with Gasteiger partial charge in [0.25, 0.3) is 5.91 Å². The van der Waals surface area contributed by atoms with Crippen molar-refractivity contribution in [1.82, 2.24) is 4.98 Å². The van der Waals surface area contributed by atoms with Crippen LogP contribution in [0.4, 0.5) is 5.00 Å². The van der Waals surface area contributed by atoms with Gasteiger partial charge in [0.05, 0.1) is 5.56 Å². The molecule has 0 bridgehead atoms. The molecule has 0 aliphatic heterocycles. The number of pyridine rings is 1. The molecule has 0 aliphatic rings. The van der Waals surface area contributed by atoms with Gasteiger partial charge in [-0.1, -0.05) is 6.07 Å². The van der Waals surface area contributed by atoms with Crippen molar-refractivity contribution in [3.8, 4) is 0 Å². The number of thiophene rings is 1. The molecule has 7 heteroatoms. The Kier molecular flexibility index (Phi) is 4.20. The van der Waals surface area contributed by atoms with Gasteiger partial charge in [0.15, 0.2) is 0 Å². The second kappa shape index (κ2) is 5.72. The summed E-state index contributed by atoms with van der Waals surface area (Å²) in [6, 6.07) is 4.96. The van der Waals surface area contributed by atoms with Crippen molar-refractivity contribution in [2.45, 2.75) is 13.8 Å². The largest absolute Gasteiger partial charge is 0.478 e. The van der Waals surface area contributed by atoms with E-state index in [0.29, 0.717) is 15.2 Å². The summed E-state index contributed by atoms with van der Waals surface area (Å²) in [6.07, 6.45) is 0. The Labute approximate surface area is 127 Å². The first-order chi connectivity index (χ1) is 9.40. The summed E-state index contributed by atoms with van der Waals surface area (Å²) < 4.78 is 0.544. The van der Waals surface area contributed by atoms with Crippen LogP contribution in [0.3, 0.4) is 0 Å². The Morgan fingerprint density at radius 1 is 1.35 bits per heavy atom. The molecule has 2 aromatic heterocycles. The highest BCUT2D eigenvalue weighted by atomic mass is 79.9. The van der Waals surface area contributed by atoms with Gasteiger partial charge in [0, 0.05) is 4.88 Å². The fourth-order valence-corrected chi connectivity index (χ4v) is 3.07. The highest BCUT2D eigenvalue weighted by molar-refractivity contribution is 9.10. The molecular formula is C13H11BrN2O3S. The molecule has 0 aliphatic carbocycles. The van der Waals surface area contributed by atoms with Crippen molar-refractivity contribution in [1.29, 1.82) is 0 Å². The Balaban J connectivity index is 2.33. The van der Waals surface area contributed by atoms with Crippen LogP contribution in [0.5, 0.6) is 0 Å². The summed E-state index contributed by atoms with van der Waals surface area (Å²) in [5.74, 6) is -1.49. The number of halogens is 1. The molecule has 2 heterocycles. The van der Waals surface area contributed by atoms with Gasteiger partial charge < -0.3 is 10.4 Å². The van der Waals surface area contributed by atoms with E-state index in [2.05, 4.69) is 26.2 Å². The van der Waals surface area contributed by atoms with Crippen LogP contribution < -0.4 is 5.32 Å². The average molecular weight is 355 g/mol. The standard InChI is InChI=1S/C13H11BrN2O3S/c1-6-7(2)20-12(10(6)13(18)19)16-11(17)8-4-3-5-9(14)15-8/h3-5H,1-2H3,(H,16,17)(H,18,19). The monoisotopic (exact) mass is 354 g/mol. The number of hydrogen-bond donors (Lipinski definition) is 2. The number of aromatic carboxylic acids is 1. The van der Waals surface area contributed by atoms with Gasteiger partial charge in [0.1, 0.15) is 15.3 Å². The number of nitrogens with one attached hydrogen (secondary N) is 1. The highest BCUT2D eigenvalue weighted by Gasteiger charge is 2.21. The lowest BCUT2D eigenvalue weighted by Gasteiger charge is -2.04.